The molecule has 1 aromatic heterocycles. The molecule has 4 aromatic rings. The van der Waals surface area contributed by atoms with E-state index in [0.717, 1.165) is 64.0 Å². The van der Waals surface area contributed by atoms with Crippen molar-refractivity contribution in [2.24, 2.45) is 11.8 Å². The third kappa shape index (κ3) is 7.70. The fraction of sp³-hybridized carbons (Fsp3) is 0.389. The zero-order chi connectivity index (χ0) is 28.1. The normalized spacial score (nSPS) is 16.6. The van der Waals surface area contributed by atoms with Crippen molar-refractivity contribution in [3.05, 3.63) is 89.6 Å². The Morgan fingerprint density at radius 3 is 2.20 bits per heavy atom. The van der Waals surface area contributed by atoms with Gasteiger partial charge >= 0.3 is 0 Å². The van der Waals surface area contributed by atoms with Gasteiger partial charge < -0.3 is 10.1 Å². The van der Waals surface area contributed by atoms with E-state index in [9.17, 15) is 14.3 Å². The molecule has 0 aliphatic heterocycles. The maximum absolute atomic E-state index is 13.8. The van der Waals surface area contributed by atoms with Crippen LogP contribution in [0, 0.1) is 37.6 Å². The third-order valence-electron chi connectivity index (χ3n) is 8.43. The molecule has 0 spiro atoms. The third-order valence-corrected chi connectivity index (χ3v) is 8.43. The molecule has 0 amide bonds. The summed E-state index contributed by atoms with van der Waals surface area (Å²) in [5.74, 6) is 0.753. The molecular weight excluding hydrogens is 690 g/mol. The van der Waals surface area contributed by atoms with Gasteiger partial charge in [0.2, 0.25) is 0 Å². The number of carbonyl (C=O) groups is 1. The maximum Gasteiger partial charge on any atom is 0.162 e. The quantitative estimate of drug-likeness (QED) is 0.0986. The second kappa shape index (κ2) is 14.3. The Kier molecular flexibility index (Phi) is 10.9. The number of ketones is 1. The summed E-state index contributed by atoms with van der Waals surface area (Å²) in [7, 11) is 0. The van der Waals surface area contributed by atoms with Gasteiger partial charge in [-0.15, -0.1) is 34.9 Å². The number of aromatic nitrogens is 1. The maximum atomic E-state index is 13.8. The van der Waals surface area contributed by atoms with Crippen LogP contribution < -0.4 is 0 Å². The second-order valence-corrected chi connectivity index (χ2v) is 11.6. The predicted octanol–water partition coefficient (Wildman–Crippen LogP) is 9.77. The van der Waals surface area contributed by atoms with Gasteiger partial charge in [0.25, 0.3) is 0 Å². The molecule has 3 nitrogen and oxygen atoms in total. The molecule has 0 unspecified atom stereocenters. The molecule has 5 heteroatoms. The topological polar surface area (TPSA) is 50.2 Å². The molecule has 3 aromatic carbocycles. The summed E-state index contributed by atoms with van der Waals surface area (Å²) in [6.45, 7) is 4.09. The van der Waals surface area contributed by atoms with E-state index in [1.807, 2.05) is 25.1 Å². The number of aryl methyl sites for hydroxylation is 2. The Bertz CT molecular complexity index is 1510. The van der Waals surface area contributed by atoms with Gasteiger partial charge in [-0.1, -0.05) is 70.6 Å². The Morgan fingerprint density at radius 1 is 0.878 bits per heavy atom. The van der Waals surface area contributed by atoms with Crippen LogP contribution >= 0.6 is 0 Å². The standard InChI is InChI=1S/C21H15FN.C15H24O2.Ir/c1-13-9-14(2)11-17(10-13)21-20-16(7-8-23-21)4-3-15-5-6-18(22)12-19(15)20;16-14(12-7-3-1-4-8-12)11-15(17)13-9-5-2-6-10-13;/h3-10,12H,1-2H3;11-13,16H,1-10H2;/q-1;;/b;14-11-;. The molecule has 1 radical (unpaired) electrons. The first-order chi connectivity index (χ1) is 19.4. The summed E-state index contributed by atoms with van der Waals surface area (Å²) in [6, 6.07) is 18.5. The molecular formula is C36H39FIrNO2-. The number of aliphatic hydroxyl groups is 1. The van der Waals surface area contributed by atoms with Crippen molar-refractivity contribution in [1.29, 1.82) is 0 Å². The monoisotopic (exact) mass is 729 g/mol. The summed E-state index contributed by atoms with van der Waals surface area (Å²) in [5, 5.41) is 13.9. The van der Waals surface area contributed by atoms with E-state index in [-0.39, 0.29) is 43.5 Å². The fourth-order valence-corrected chi connectivity index (χ4v) is 6.36. The van der Waals surface area contributed by atoms with E-state index >= 15 is 0 Å². The van der Waals surface area contributed by atoms with Crippen LogP contribution in [-0.2, 0) is 24.9 Å². The number of nitrogens with zero attached hydrogens (tertiary/aromatic N) is 1. The van der Waals surface area contributed by atoms with Crippen molar-refractivity contribution in [3.63, 3.8) is 0 Å². The molecule has 0 atom stereocenters. The summed E-state index contributed by atoms with van der Waals surface area (Å²) in [6.07, 6.45) is 14.8. The number of hydrogen-bond donors (Lipinski definition) is 1. The van der Waals surface area contributed by atoms with E-state index in [0.29, 0.717) is 5.76 Å². The van der Waals surface area contributed by atoms with Crippen molar-refractivity contribution < 1.29 is 34.4 Å². The van der Waals surface area contributed by atoms with Crippen LogP contribution in [0.15, 0.2) is 66.6 Å². The second-order valence-electron chi connectivity index (χ2n) is 11.6. The van der Waals surface area contributed by atoms with Gasteiger partial charge in [-0.05, 0) is 71.1 Å². The zero-order valence-corrected chi connectivity index (χ0v) is 26.4. The average Bonchev–Trinajstić information content (AvgIpc) is 2.97. The van der Waals surface area contributed by atoms with Crippen LogP contribution in [0.4, 0.5) is 4.39 Å². The first-order valence-corrected chi connectivity index (χ1v) is 14.8. The molecule has 2 aliphatic rings. The van der Waals surface area contributed by atoms with Crippen molar-refractivity contribution >= 4 is 27.3 Å². The summed E-state index contributed by atoms with van der Waals surface area (Å²) in [5.41, 5.74) is 4.04. The van der Waals surface area contributed by atoms with Crippen molar-refractivity contribution in [2.45, 2.75) is 78.1 Å². The number of rotatable bonds is 4. The molecule has 0 saturated heterocycles. The van der Waals surface area contributed by atoms with Crippen LogP contribution in [0.2, 0.25) is 0 Å². The predicted molar refractivity (Wildman–Crippen MR) is 162 cm³/mol. The van der Waals surface area contributed by atoms with Gasteiger partial charge in [-0.2, -0.15) is 0 Å². The Hall–Kier alpha value is -2.88. The van der Waals surface area contributed by atoms with Crippen molar-refractivity contribution in [3.8, 4) is 11.3 Å². The molecule has 1 N–H and O–H groups in total. The van der Waals surface area contributed by atoms with E-state index in [2.05, 4.69) is 36.2 Å². The number of aliphatic hydroxyl groups excluding tert-OH is 1. The van der Waals surface area contributed by atoms with Crippen LogP contribution in [0.1, 0.15) is 75.3 Å². The molecule has 1 heterocycles. The van der Waals surface area contributed by atoms with Gasteiger partial charge in [-0.3, -0.25) is 4.79 Å². The van der Waals surface area contributed by atoms with Crippen molar-refractivity contribution in [1.82, 2.24) is 4.98 Å². The van der Waals surface area contributed by atoms with Gasteiger partial charge in [-0.25, -0.2) is 4.39 Å². The molecule has 2 aliphatic carbocycles. The number of benzene rings is 3. The van der Waals surface area contributed by atoms with E-state index in [4.69, 9.17) is 0 Å². The number of fused-ring (bicyclic) bond motifs is 3. The summed E-state index contributed by atoms with van der Waals surface area (Å²) in [4.78, 5) is 16.6. The smallest absolute Gasteiger partial charge is 0.162 e. The number of carbonyl (C=O) groups excluding carboxylic acids is 1. The SMILES string of the molecule is Cc1[c-]c(-c2nccc3ccc4ccc(F)cc4c23)cc(C)c1.O=C(/C=C(\O)C1CCCCC1)C1CCCCC1.[Ir]. The van der Waals surface area contributed by atoms with Crippen LogP contribution in [0.3, 0.4) is 0 Å². The summed E-state index contributed by atoms with van der Waals surface area (Å²) >= 11 is 0. The van der Waals surface area contributed by atoms with Gasteiger partial charge in [0, 0.05) is 44.2 Å². The number of pyridine rings is 1. The molecule has 6 rings (SSSR count). The Morgan fingerprint density at radius 2 is 1.51 bits per heavy atom. The van der Waals surface area contributed by atoms with E-state index in [1.165, 1.54) is 50.2 Å². The van der Waals surface area contributed by atoms with Crippen LogP contribution in [-0.4, -0.2) is 15.9 Å². The average molecular weight is 729 g/mol. The minimum Gasteiger partial charge on any atom is -0.512 e. The zero-order valence-electron chi connectivity index (χ0n) is 24.0. The summed E-state index contributed by atoms with van der Waals surface area (Å²) < 4.78 is 13.8. The number of halogens is 1. The van der Waals surface area contributed by atoms with Crippen LogP contribution in [0.25, 0.3) is 32.8 Å². The number of hydrogen-bond acceptors (Lipinski definition) is 3. The minimum atomic E-state index is -0.232. The number of allylic oxidation sites excluding steroid dienone is 2. The molecule has 0 bridgehead atoms. The van der Waals surface area contributed by atoms with Crippen molar-refractivity contribution in [2.75, 3.05) is 0 Å². The molecule has 2 saturated carbocycles. The Balaban J connectivity index is 0.000000193. The van der Waals surface area contributed by atoms with E-state index in [1.54, 1.807) is 18.3 Å². The molecule has 41 heavy (non-hydrogen) atoms. The first-order valence-electron chi connectivity index (χ1n) is 14.8. The van der Waals surface area contributed by atoms with E-state index < -0.39 is 0 Å². The first kappa shape index (κ1) is 31.1. The van der Waals surface area contributed by atoms with Gasteiger partial charge in [0.1, 0.15) is 5.82 Å². The molecule has 217 valence electrons. The fourth-order valence-electron chi connectivity index (χ4n) is 6.36. The van der Waals surface area contributed by atoms with Gasteiger partial charge in [0.15, 0.2) is 5.78 Å². The molecule has 2 fully saturated rings. The Labute approximate surface area is 256 Å². The minimum absolute atomic E-state index is 0. The van der Waals surface area contributed by atoms with Gasteiger partial charge in [0.05, 0.1) is 5.76 Å². The largest absolute Gasteiger partial charge is 0.512 e. The van der Waals surface area contributed by atoms with Crippen LogP contribution in [0.5, 0.6) is 0 Å².